The van der Waals surface area contributed by atoms with Crippen LogP contribution < -0.4 is 10.2 Å². The molecular formula is C13H17ClN2O. The lowest BCUT2D eigenvalue weighted by atomic mass is 10.2. The Morgan fingerprint density at radius 3 is 2.94 bits per heavy atom. The minimum Gasteiger partial charge on any atom is -0.311 e. The SMILES string of the molecule is CCNC1CCN(c2ccc(C)c(Cl)c2)C1=O. The number of nitrogens with one attached hydrogen (secondary N) is 1. The number of hydrogen-bond donors (Lipinski definition) is 1. The molecular weight excluding hydrogens is 236 g/mol. The Morgan fingerprint density at radius 1 is 1.53 bits per heavy atom. The van der Waals surface area contributed by atoms with E-state index in [2.05, 4.69) is 5.32 Å². The van der Waals surface area contributed by atoms with Crippen molar-refractivity contribution in [2.45, 2.75) is 26.3 Å². The maximum Gasteiger partial charge on any atom is 0.244 e. The van der Waals surface area contributed by atoms with Crippen LogP contribution in [0.3, 0.4) is 0 Å². The molecule has 0 aromatic heterocycles. The van der Waals surface area contributed by atoms with Gasteiger partial charge in [-0.05, 0) is 37.6 Å². The largest absolute Gasteiger partial charge is 0.311 e. The van der Waals surface area contributed by atoms with E-state index in [1.807, 2.05) is 32.0 Å². The smallest absolute Gasteiger partial charge is 0.244 e. The van der Waals surface area contributed by atoms with Crippen molar-refractivity contribution >= 4 is 23.2 Å². The van der Waals surface area contributed by atoms with Crippen LogP contribution in [0.2, 0.25) is 5.02 Å². The summed E-state index contributed by atoms with van der Waals surface area (Å²) >= 11 is 6.08. The number of amides is 1. The summed E-state index contributed by atoms with van der Waals surface area (Å²) in [5.41, 5.74) is 1.93. The van der Waals surface area contributed by atoms with Gasteiger partial charge in [0.1, 0.15) is 0 Å². The van der Waals surface area contributed by atoms with E-state index >= 15 is 0 Å². The lowest BCUT2D eigenvalue weighted by molar-refractivity contribution is -0.118. The van der Waals surface area contributed by atoms with E-state index in [-0.39, 0.29) is 11.9 Å². The zero-order chi connectivity index (χ0) is 12.4. The Hall–Kier alpha value is -1.06. The first-order valence-electron chi connectivity index (χ1n) is 5.94. The second kappa shape index (κ2) is 5.07. The Balaban J connectivity index is 2.18. The van der Waals surface area contributed by atoms with Crippen molar-refractivity contribution in [1.29, 1.82) is 0 Å². The van der Waals surface area contributed by atoms with E-state index in [1.165, 1.54) is 0 Å². The van der Waals surface area contributed by atoms with Gasteiger partial charge in [0.15, 0.2) is 0 Å². The molecule has 0 radical (unpaired) electrons. The molecule has 1 heterocycles. The number of nitrogens with zero attached hydrogens (tertiary/aromatic N) is 1. The summed E-state index contributed by atoms with van der Waals surface area (Å²) in [5, 5.41) is 3.91. The van der Waals surface area contributed by atoms with Crippen LogP contribution in [-0.2, 0) is 4.79 Å². The lowest BCUT2D eigenvalue weighted by Crippen LogP contribution is -2.38. The molecule has 1 fully saturated rings. The van der Waals surface area contributed by atoms with Gasteiger partial charge in [0.2, 0.25) is 5.91 Å². The second-order valence-corrected chi connectivity index (χ2v) is 4.73. The van der Waals surface area contributed by atoms with Crippen molar-refractivity contribution < 1.29 is 4.79 Å². The van der Waals surface area contributed by atoms with Gasteiger partial charge in [-0.1, -0.05) is 24.6 Å². The average Bonchev–Trinajstić information content (AvgIpc) is 2.66. The molecule has 4 heteroatoms. The number of benzene rings is 1. The van der Waals surface area contributed by atoms with Crippen LogP contribution in [0.25, 0.3) is 0 Å². The number of anilines is 1. The third-order valence-electron chi connectivity index (χ3n) is 3.12. The molecule has 1 aliphatic rings. The first-order valence-corrected chi connectivity index (χ1v) is 6.32. The molecule has 92 valence electrons. The molecule has 1 unspecified atom stereocenters. The van der Waals surface area contributed by atoms with Gasteiger partial charge < -0.3 is 10.2 Å². The normalized spacial score (nSPS) is 20.1. The third-order valence-corrected chi connectivity index (χ3v) is 3.53. The molecule has 3 nitrogen and oxygen atoms in total. The molecule has 0 aliphatic carbocycles. The Kier molecular flexibility index (Phi) is 3.69. The van der Waals surface area contributed by atoms with Gasteiger partial charge in [-0.3, -0.25) is 4.79 Å². The van der Waals surface area contributed by atoms with Gasteiger partial charge >= 0.3 is 0 Å². The summed E-state index contributed by atoms with van der Waals surface area (Å²) in [6.45, 7) is 5.55. The van der Waals surface area contributed by atoms with Crippen LogP contribution in [0.5, 0.6) is 0 Å². The molecule has 1 saturated heterocycles. The van der Waals surface area contributed by atoms with E-state index < -0.39 is 0 Å². The van der Waals surface area contributed by atoms with Crippen molar-refractivity contribution in [1.82, 2.24) is 5.32 Å². The van der Waals surface area contributed by atoms with Crippen LogP contribution in [0.1, 0.15) is 18.9 Å². The van der Waals surface area contributed by atoms with Crippen LogP contribution in [0, 0.1) is 6.92 Å². The van der Waals surface area contributed by atoms with E-state index in [9.17, 15) is 4.79 Å². The third kappa shape index (κ3) is 2.45. The maximum atomic E-state index is 12.1. The average molecular weight is 253 g/mol. The lowest BCUT2D eigenvalue weighted by Gasteiger charge is -2.17. The maximum absolute atomic E-state index is 12.1. The minimum absolute atomic E-state index is 0.0416. The number of rotatable bonds is 3. The monoisotopic (exact) mass is 252 g/mol. The van der Waals surface area contributed by atoms with Crippen LogP contribution in [-0.4, -0.2) is 25.0 Å². The summed E-state index contributed by atoms with van der Waals surface area (Å²) in [6, 6.07) is 5.72. The van der Waals surface area contributed by atoms with Gasteiger partial charge in [0, 0.05) is 17.3 Å². The van der Waals surface area contributed by atoms with E-state index in [1.54, 1.807) is 4.90 Å². The molecule has 1 aromatic carbocycles. The molecule has 1 aromatic rings. The van der Waals surface area contributed by atoms with Crippen molar-refractivity contribution in [3.8, 4) is 0 Å². The van der Waals surface area contributed by atoms with E-state index in [0.717, 1.165) is 30.8 Å². The molecule has 1 aliphatic heterocycles. The van der Waals surface area contributed by atoms with E-state index in [4.69, 9.17) is 11.6 Å². The fourth-order valence-electron chi connectivity index (χ4n) is 2.12. The molecule has 1 atom stereocenters. The Bertz CT molecular complexity index is 433. The molecule has 0 saturated carbocycles. The van der Waals surface area contributed by atoms with Gasteiger partial charge in [-0.15, -0.1) is 0 Å². The molecule has 2 rings (SSSR count). The first kappa shape index (κ1) is 12.4. The fraction of sp³-hybridized carbons (Fsp3) is 0.462. The Morgan fingerprint density at radius 2 is 2.29 bits per heavy atom. The number of carbonyl (C=O) groups is 1. The van der Waals surface area contributed by atoms with Crippen LogP contribution >= 0.6 is 11.6 Å². The summed E-state index contributed by atoms with van der Waals surface area (Å²) in [6.07, 6.45) is 0.859. The minimum atomic E-state index is -0.0416. The zero-order valence-corrected chi connectivity index (χ0v) is 10.9. The standard InChI is InChI=1S/C13H17ClN2O/c1-3-15-12-6-7-16(13(12)17)10-5-4-9(2)11(14)8-10/h4-5,8,12,15H,3,6-7H2,1-2H3. The van der Waals surface area contributed by atoms with Crippen molar-refractivity contribution in [2.24, 2.45) is 0 Å². The summed E-state index contributed by atoms with van der Waals surface area (Å²) in [4.78, 5) is 13.9. The molecule has 0 bridgehead atoms. The number of likely N-dealkylation sites (N-methyl/N-ethyl adjacent to an activating group) is 1. The molecule has 0 spiro atoms. The van der Waals surface area contributed by atoms with Gasteiger partial charge in [-0.25, -0.2) is 0 Å². The van der Waals surface area contributed by atoms with Crippen LogP contribution in [0.15, 0.2) is 18.2 Å². The van der Waals surface area contributed by atoms with Gasteiger partial charge in [0.05, 0.1) is 6.04 Å². The predicted molar refractivity (Wildman–Crippen MR) is 70.6 cm³/mol. The van der Waals surface area contributed by atoms with Gasteiger partial charge in [-0.2, -0.15) is 0 Å². The highest BCUT2D eigenvalue weighted by Gasteiger charge is 2.31. The highest BCUT2D eigenvalue weighted by atomic mass is 35.5. The van der Waals surface area contributed by atoms with Gasteiger partial charge in [0.25, 0.3) is 0 Å². The quantitative estimate of drug-likeness (QED) is 0.896. The topological polar surface area (TPSA) is 32.3 Å². The molecule has 1 N–H and O–H groups in total. The first-order chi connectivity index (χ1) is 8.13. The summed E-state index contributed by atoms with van der Waals surface area (Å²) < 4.78 is 0. The van der Waals surface area contributed by atoms with Crippen molar-refractivity contribution in [3.05, 3.63) is 28.8 Å². The van der Waals surface area contributed by atoms with E-state index in [0.29, 0.717) is 5.02 Å². The fourth-order valence-corrected chi connectivity index (χ4v) is 2.30. The molecule has 17 heavy (non-hydrogen) atoms. The van der Waals surface area contributed by atoms with Crippen molar-refractivity contribution in [2.75, 3.05) is 18.0 Å². The van der Waals surface area contributed by atoms with Crippen molar-refractivity contribution in [3.63, 3.8) is 0 Å². The number of hydrogen-bond acceptors (Lipinski definition) is 2. The number of carbonyl (C=O) groups excluding carboxylic acids is 1. The second-order valence-electron chi connectivity index (χ2n) is 4.32. The number of aryl methyl sites for hydroxylation is 1. The summed E-state index contributed by atoms with van der Waals surface area (Å²) in [7, 11) is 0. The number of halogens is 1. The van der Waals surface area contributed by atoms with Crippen LogP contribution in [0.4, 0.5) is 5.69 Å². The Labute approximate surface area is 107 Å². The highest BCUT2D eigenvalue weighted by molar-refractivity contribution is 6.31. The predicted octanol–water partition coefficient (Wildman–Crippen LogP) is 2.36. The summed E-state index contributed by atoms with van der Waals surface area (Å²) in [5.74, 6) is 0.145. The zero-order valence-electron chi connectivity index (χ0n) is 10.2. The highest BCUT2D eigenvalue weighted by Crippen LogP contribution is 2.26. The molecule has 1 amide bonds.